The van der Waals surface area contributed by atoms with Crippen LogP contribution < -0.4 is 15.2 Å². The second-order valence-electron chi connectivity index (χ2n) is 7.07. The van der Waals surface area contributed by atoms with E-state index < -0.39 is 5.60 Å². The molecular formula is C25H40O3. The minimum Gasteiger partial charge on any atom is -0.482 e. The number of benzene rings is 1. The smallest absolute Gasteiger partial charge is 0.344 e. The van der Waals surface area contributed by atoms with Crippen LogP contribution in [0.2, 0.25) is 0 Å². The number of allylic oxidation sites excluding steroid dienone is 1. The maximum Gasteiger partial charge on any atom is 0.344 e. The fourth-order valence-electron chi connectivity index (χ4n) is 3.26. The van der Waals surface area contributed by atoms with Crippen molar-refractivity contribution in [3.05, 3.63) is 41.3 Å². The lowest BCUT2D eigenvalue weighted by Gasteiger charge is -2.33. The number of hydrogen-bond donors (Lipinski definition) is 0. The highest BCUT2D eigenvalue weighted by molar-refractivity contribution is 5.71. The Morgan fingerprint density at radius 3 is 2.39 bits per heavy atom. The molecule has 0 amide bonds. The van der Waals surface area contributed by atoms with Crippen molar-refractivity contribution >= 4 is 18.1 Å². The molecule has 158 valence electrons. The zero-order valence-electron chi connectivity index (χ0n) is 19.0. The summed E-state index contributed by atoms with van der Waals surface area (Å²) in [5.74, 6) is 0.679. The molecule has 0 radical (unpaired) electrons. The van der Waals surface area contributed by atoms with Gasteiger partial charge in [0.2, 0.25) is 0 Å². The summed E-state index contributed by atoms with van der Waals surface area (Å²) in [7, 11) is 0. The fraction of sp³-hybridized carbons (Fsp3) is 0.560. The van der Waals surface area contributed by atoms with E-state index in [1.54, 1.807) is 6.08 Å². The maximum atomic E-state index is 12.3. The van der Waals surface area contributed by atoms with Crippen LogP contribution in [0.1, 0.15) is 74.1 Å². The summed E-state index contributed by atoms with van der Waals surface area (Å²) in [5.41, 5.74) is -0.479. The van der Waals surface area contributed by atoms with Gasteiger partial charge in [-0.15, -0.1) is 0 Å². The van der Waals surface area contributed by atoms with Crippen molar-refractivity contribution in [2.75, 3.05) is 6.61 Å². The molecule has 3 nitrogen and oxygen atoms in total. The van der Waals surface area contributed by atoms with Gasteiger partial charge in [0.1, 0.15) is 11.4 Å². The van der Waals surface area contributed by atoms with Gasteiger partial charge in [-0.2, -0.15) is 0 Å². The second kappa shape index (κ2) is 14.0. The number of esters is 1. The molecule has 1 atom stereocenters. The number of ether oxygens (including phenoxy) is 2. The number of rotatable bonds is 10. The molecule has 0 saturated carbocycles. The van der Waals surface area contributed by atoms with Crippen LogP contribution in [-0.4, -0.2) is 18.2 Å². The van der Waals surface area contributed by atoms with Crippen LogP contribution in [0.25, 0.3) is 12.2 Å². The van der Waals surface area contributed by atoms with Gasteiger partial charge in [-0.3, -0.25) is 0 Å². The van der Waals surface area contributed by atoms with Crippen molar-refractivity contribution in [1.82, 2.24) is 0 Å². The third-order valence-electron chi connectivity index (χ3n) is 4.63. The molecule has 0 aromatic heterocycles. The number of hydrogen-bond acceptors (Lipinski definition) is 3. The van der Waals surface area contributed by atoms with Gasteiger partial charge >= 0.3 is 5.97 Å². The Labute approximate surface area is 172 Å². The summed E-state index contributed by atoms with van der Waals surface area (Å²) in [6.45, 7) is 18.0. The van der Waals surface area contributed by atoms with Crippen LogP contribution in [0.3, 0.4) is 0 Å². The van der Waals surface area contributed by atoms with Crippen molar-refractivity contribution in [2.45, 2.75) is 79.8 Å². The van der Waals surface area contributed by atoms with Gasteiger partial charge in [-0.1, -0.05) is 71.9 Å². The van der Waals surface area contributed by atoms with Gasteiger partial charge in [-0.05, 0) is 61.6 Å². The first-order valence-electron chi connectivity index (χ1n) is 10.7. The topological polar surface area (TPSA) is 35.5 Å². The highest BCUT2D eigenvalue weighted by Crippen LogP contribution is 2.28. The van der Waals surface area contributed by atoms with E-state index in [4.69, 9.17) is 9.47 Å². The molecule has 1 aromatic carbocycles. The molecule has 0 saturated heterocycles. The number of carbonyl (C=O) groups is 1. The predicted octanol–water partition coefficient (Wildman–Crippen LogP) is 5.40. The summed E-state index contributed by atoms with van der Waals surface area (Å²) in [6, 6.07) is 5.80. The van der Waals surface area contributed by atoms with E-state index in [1.807, 2.05) is 52.0 Å². The third kappa shape index (κ3) is 8.77. The first kappa shape index (κ1) is 26.0. The Balaban J connectivity index is 0.00000352. The molecule has 0 fully saturated rings. The molecule has 0 aliphatic rings. The Hall–Kier alpha value is -2.03. The lowest BCUT2D eigenvalue weighted by molar-refractivity contribution is -0.164. The number of carbonyl (C=O) groups excluding carboxylic acids is 1. The zero-order chi connectivity index (χ0) is 21.6. The molecule has 1 rings (SSSR count). The quantitative estimate of drug-likeness (QED) is 0.504. The molecule has 0 spiro atoms. The highest BCUT2D eigenvalue weighted by Gasteiger charge is 2.31. The minimum absolute atomic E-state index is 0.0869. The van der Waals surface area contributed by atoms with Crippen LogP contribution in [0.4, 0.5) is 0 Å². The Bertz CT molecular complexity index is 701. The lowest BCUT2D eigenvalue weighted by Crippen LogP contribution is -2.38. The molecule has 0 heterocycles. The molecule has 0 aliphatic heterocycles. The first-order chi connectivity index (χ1) is 13.4. The summed E-state index contributed by atoms with van der Waals surface area (Å²) in [6.07, 6.45) is 9.91. The van der Waals surface area contributed by atoms with Crippen LogP contribution >= 0.6 is 0 Å². The summed E-state index contributed by atoms with van der Waals surface area (Å²) in [5, 5.41) is 2.16. The van der Waals surface area contributed by atoms with E-state index in [0.717, 1.165) is 36.1 Å². The molecule has 0 bridgehead atoms. The van der Waals surface area contributed by atoms with E-state index in [9.17, 15) is 4.79 Å². The van der Waals surface area contributed by atoms with E-state index in [0.29, 0.717) is 11.7 Å². The van der Waals surface area contributed by atoms with E-state index >= 15 is 0 Å². The summed E-state index contributed by atoms with van der Waals surface area (Å²) >= 11 is 0. The van der Waals surface area contributed by atoms with Crippen LogP contribution in [-0.2, 0) is 9.53 Å². The summed E-state index contributed by atoms with van der Waals surface area (Å²) < 4.78 is 11.4. The molecular weight excluding hydrogens is 348 g/mol. The SMILES string of the molecule is C=C/C=c1/cc(OCC(=O)OC(C)(C)C(CC)CCC)cc/c1=C/CC.CC. The molecule has 3 heteroatoms. The van der Waals surface area contributed by atoms with E-state index in [1.165, 1.54) is 0 Å². The normalized spacial score (nSPS) is 13.4. The molecule has 1 unspecified atom stereocenters. The van der Waals surface area contributed by atoms with Crippen molar-refractivity contribution in [1.29, 1.82) is 0 Å². The Morgan fingerprint density at radius 1 is 1.18 bits per heavy atom. The van der Waals surface area contributed by atoms with Crippen molar-refractivity contribution < 1.29 is 14.3 Å². The Morgan fingerprint density at radius 2 is 1.86 bits per heavy atom. The standard InChI is InChI=1S/C23H34O3.C2H6/c1-7-11-18-14-15-21(16-19(18)12-8-2)25-17-22(24)26-23(5,6)20(10-4)13-9-3;1-2/h8,11-12,14-16,20H,2,7,9-10,13,17H2,1,3-6H3;1-2H3/b18-11-,19-12-;. The highest BCUT2D eigenvalue weighted by atomic mass is 16.6. The monoisotopic (exact) mass is 388 g/mol. The van der Waals surface area contributed by atoms with Gasteiger partial charge in [0.05, 0.1) is 0 Å². The van der Waals surface area contributed by atoms with Gasteiger partial charge in [0, 0.05) is 0 Å². The average molecular weight is 389 g/mol. The van der Waals surface area contributed by atoms with Crippen molar-refractivity contribution in [3.8, 4) is 5.75 Å². The van der Waals surface area contributed by atoms with Gasteiger partial charge < -0.3 is 9.47 Å². The van der Waals surface area contributed by atoms with Gasteiger partial charge in [0.25, 0.3) is 0 Å². The van der Waals surface area contributed by atoms with Crippen molar-refractivity contribution in [3.63, 3.8) is 0 Å². The predicted molar refractivity (Wildman–Crippen MR) is 121 cm³/mol. The van der Waals surface area contributed by atoms with Crippen LogP contribution in [0.5, 0.6) is 5.75 Å². The third-order valence-corrected chi connectivity index (χ3v) is 4.63. The second-order valence-corrected chi connectivity index (χ2v) is 7.07. The largest absolute Gasteiger partial charge is 0.482 e. The van der Waals surface area contributed by atoms with Gasteiger partial charge in [-0.25, -0.2) is 4.79 Å². The van der Waals surface area contributed by atoms with E-state index in [2.05, 4.69) is 33.4 Å². The van der Waals surface area contributed by atoms with Crippen LogP contribution in [0, 0.1) is 5.92 Å². The summed E-state index contributed by atoms with van der Waals surface area (Å²) in [4.78, 5) is 12.3. The molecule has 0 N–H and O–H groups in total. The van der Waals surface area contributed by atoms with Crippen LogP contribution in [0.15, 0.2) is 30.9 Å². The molecule has 28 heavy (non-hydrogen) atoms. The minimum atomic E-state index is -0.479. The van der Waals surface area contributed by atoms with E-state index in [-0.39, 0.29) is 12.6 Å². The molecule has 0 aliphatic carbocycles. The Kier molecular flexibility index (Phi) is 13.0. The fourth-order valence-corrected chi connectivity index (χ4v) is 3.26. The first-order valence-corrected chi connectivity index (χ1v) is 10.7. The maximum absolute atomic E-state index is 12.3. The van der Waals surface area contributed by atoms with Gasteiger partial charge in [0.15, 0.2) is 6.61 Å². The lowest BCUT2D eigenvalue weighted by atomic mass is 9.85. The average Bonchev–Trinajstić information content (AvgIpc) is 2.67. The van der Waals surface area contributed by atoms with Crippen molar-refractivity contribution in [2.24, 2.45) is 5.92 Å². The zero-order valence-corrected chi connectivity index (χ0v) is 19.0. The molecule has 1 aromatic rings.